The van der Waals surface area contributed by atoms with E-state index in [1.807, 2.05) is 13.8 Å². The third-order valence-electron chi connectivity index (χ3n) is 2.26. The molecule has 0 saturated heterocycles. The molecule has 0 heterocycles. The van der Waals surface area contributed by atoms with Crippen LogP contribution in [0.5, 0.6) is 0 Å². The topological polar surface area (TPSA) is 29.5 Å². The van der Waals surface area contributed by atoms with E-state index < -0.39 is 11.7 Å². The van der Waals surface area contributed by atoms with Crippen molar-refractivity contribution in [3.05, 3.63) is 12.7 Å². The lowest BCUT2D eigenvalue weighted by Crippen LogP contribution is -2.40. The third-order valence-corrected chi connectivity index (χ3v) is 2.26. The third kappa shape index (κ3) is 2.64. The minimum Gasteiger partial charge on any atom is -0.390 e. The largest absolute Gasteiger partial charge is 0.390 e. The molecule has 1 N–H and O–H groups in total. The average molecular weight is 158 g/mol. The van der Waals surface area contributed by atoms with E-state index in [1.165, 1.54) is 0 Å². The SMILES string of the molecule is C=CCC(O)C(C)(CC)OC. The lowest BCUT2D eigenvalue weighted by molar-refractivity contribution is -0.0904. The molecule has 66 valence electrons. The molecule has 0 saturated carbocycles. The van der Waals surface area contributed by atoms with E-state index in [1.54, 1.807) is 13.2 Å². The number of hydrogen-bond acceptors (Lipinski definition) is 2. The van der Waals surface area contributed by atoms with Crippen molar-refractivity contribution in [2.75, 3.05) is 7.11 Å². The first-order valence-electron chi connectivity index (χ1n) is 3.94. The molecule has 2 heteroatoms. The highest BCUT2D eigenvalue weighted by atomic mass is 16.5. The van der Waals surface area contributed by atoms with Crippen molar-refractivity contribution in [2.45, 2.75) is 38.4 Å². The number of aliphatic hydroxyl groups excluding tert-OH is 1. The van der Waals surface area contributed by atoms with Crippen molar-refractivity contribution in [1.82, 2.24) is 0 Å². The fourth-order valence-corrected chi connectivity index (χ4v) is 0.923. The van der Waals surface area contributed by atoms with Crippen molar-refractivity contribution in [3.63, 3.8) is 0 Å². The van der Waals surface area contributed by atoms with Crippen LogP contribution in [0.3, 0.4) is 0 Å². The second kappa shape index (κ2) is 4.52. The van der Waals surface area contributed by atoms with Crippen LogP contribution in [0, 0.1) is 0 Å². The molecular weight excluding hydrogens is 140 g/mol. The highest BCUT2D eigenvalue weighted by Gasteiger charge is 2.29. The van der Waals surface area contributed by atoms with E-state index in [0.717, 1.165) is 6.42 Å². The number of hydrogen-bond donors (Lipinski definition) is 1. The summed E-state index contributed by atoms with van der Waals surface area (Å²) in [5, 5.41) is 9.57. The molecule has 0 aliphatic rings. The molecule has 0 spiro atoms. The summed E-state index contributed by atoms with van der Waals surface area (Å²) < 4.78 is 5.20. The summed E-state index contributed by atoms with van der Waals surface area (Å²) in [7, 11) is 1.62. The van der Waals surface area contributed by atoms with Gasteiger partial charge in [0.15, 0.2) is 0 Å². The first-order chi connectivity index (χ1) is 5.10. The van der Waals surface area contributed by atoms with E-state index in [9.17, 15) is 5.11 Å². The Labute approximate surface area is 68.9 Å². The lowest BCUT2D eigenvalue weighted by Gasteiger charge is -2.31. The smallest absolute Gasteiger partial charge is 0.0908 e. The maximum absolute atomic E-state index is 9.57. The van der Waals surface area contributed by atoms with Gasteiger partial charge in [-0.2, -0.15) is 0 Å². The molecule has 0 amide bonds. The van der Waals surface area contributed by atoms with Crippen LogP contribution in [-0.4, -0.2) is 23.9 Å². The Kier molecular flexibility index (Phi) is 4.38. The summed E-state index contributed by atoms with van der Waals surface area (Å²) in [5.41, 5.74) is -0.422. The standard InChI is InChI=1S/C9H18O2/c1-5-7-8(10)9(3,6-2)11-4/h5,8,10H,1,6-7H2,2-4H3. The molecule has 2 nitrogen and oxygen atoms in total. The zero-order valence-corrected chi connectivity index (χ0v) is 7.63. The van der Waals surface area contributed by atoms with Crippen LogP contribution in [0.25, 0.3) is 0 Å². The van der Waals surface area contributed by atoms with E-state index >= 15 is 0 Å². The van der Waals surface area contributed by atoms with Gasteiger partial charge in [-0.05, 0) is 19.8 Å². The fraction of sp³-hybridized carbons (Fsp3) is 0.778. The molecule has 0 aliphatic carbocycles. The predicted molar refractivity (Wildman–Crippen MR) is 46.5 cm³/mol. The monoisotopic (exact) mass is 158 g/mol. The van der Waals surface area contributed by atoms with Crippen LogP contribution in [0.2, 0.25) is 0 Å². The van der Waals surface area contributed by atoms with Gasteiger partial charge in [-0.1, -0.05) is 13.0 Å². The Morgan fingerprint density at radius 1 is 1.73 bits per heavy atom. The van der Waals surface area contributed by atoms with E-state index in [0.29, 0.717) is 6.42 Å². The molecule has 0 aliphatic heterocycles. The molecule has 0 aromatic heterocycles. The van der Waals surface area contributed by atoms with Gasteiger partial charge < -0.3 is 9.84 Å². The first-order valence-corrected chi connectivity index (χ1v) is 3.94. The highest BCUT2D eigenvalue weighted by molar-refractivity contribution is 4.87. The van der Waals surface area contributed by atoms with Crippen LogP contribution < -0.4 is 0 Å². The van der Waals surface area contributed by atoms with Gasteiger partial charge in [0, 0.05) is 7.11 Å². The number of rotatable bonds is 5. The molecule has 0 fully saturated rings. The first kappa shape index (κ1) is 10.7. The zero-order valence-electron chi connectivity index (χ0n) is 7.63. The molecule has 0 aromatic rings. The second-order valence-corrected chi connectivity index (χ2v) is 2.91. The zero-order chi connectivity index (χ0) is 8.91. The summed E-state index contributed by atoms with van der Waals surface area (Å²) in [6.45, 7) is 7.47. The van der Waals surface area contributed by atoms with Crippen molar-refractivity contribution in [3.8, 4) is 0 Å². The molecule has 0 rings (SSSR count). The van der Waals surface area contributed by atoms with Crippen LogP contribution in [0.1, 0.15) is 26.7 Å². The normalized spacial score (nSPS) is 18.9. The van der Waals surface area contributed by atoms with Gasteiger partial charge in [0.25, 0.3) is 0 Å². The van der Waals surface area contributed by atoms with E-state index in [-0.39, 0.29) is 0 Å². The Balaban J connectivity index is 4.10. The van der Waals surface area contributed by atoms with Gasteiger partial charge in [-0.25, -0.2) is 0 Å². The van der Waals surface area contributed by atoms with Gasteiger partial charge in [-0.15, -0.1) is 6.58 Å². The summed E-state index contributed by atoms with van der Waals surface area (Å²) in [5.74, 6) is 0. The van der Waals surface area contributed by atoms with Gasteiger partial charge >= 0.3 is 0 Å². The quantitative estimate of drug-likeness (QED) is 0.617. The maximum Gasteiger partial charge on any atom is 0.0908 e. The molecular formula is C9H18O2. The second-order valence-electron chi connectivity index (χ2n) is 2.91. The number of aliphatic hydroxyl groups is 1. The van der Waals surface area contributed by atoms with Gasteiger partial charge in [0.05, 0.1) is 11.7 Å². The molecule has 11 heavy (non-hydrogen) atoms. The summed E-state index contributed by atoms with van der Waals surface area (Å²) in [6.07, 6.45) is 2.64. The Morgan fingerprint density at radius 3 is 2.55 bits per heavy atom. The predicted octanol–water partition coefficient (Wildman–Crippen LogP) is 1.74. The Bertz CT molecular complexity index is 117. The lowest BCUT2D eigenvalue weighted by atomic mass is 9.93. The van der Waals surface area contributed by atoms with Crippen LogP contribution >= 0.6 is 0 Å². The number of methoxy groups -OCH3 is 1. The fourth-order valence-electron chi connectivity index (χ4n) is 0.923. The number of ether oxygens (including phenoxy) is 1. The van der Waals surface area contributed by atoms with Crippen molar-refractivity contribution < 1.29 is 9.84 Å². The molecule has 2 unspecified atom stereocenters. The maximum atomic E-state index is 9.57. The average Bonchev–Trinajstić information content (AvgIpc) is 2.03. The highest BCUT2D eigenvalue weighted by Crippen LogP contribution is 2.21. The summed E-state index contributed by atoms with van der Waals surface area (Å²) >= 11 is 0. The molecule has 0 bridgehead atoms. The van der Waals surface area contributed by atoms with Crippen molar-refractivity contribution in [2.24, 2.45) is 0 Å². The molecule has 2 atom stereocenters. The van der Waals surface area contributed by atoms with Crippen LogP contribution in [-0.2, 0) is 4.74 Å². The molecule has 0 radical (unpaired) electrons. The van der Waals surface area contributed by atoms with Crippen LogP contribution in [0.15, 0.2) is 12.7 Å². The van der Waals surface area contributed by atoms with Gasteiger partial charge in [0.1, 0.15) is 0 Å². The van der Waals surface area contributed by atoms with Crippen molar-refractivity contribution in [1.29, 1.82) is 0 Å². The summed E-state index contributed by atoms with van der Waals surface area (Å²) in [6, 6.07) is 0. The summed E-state index contributed by atoms with van der Waals surface area (Å²) in [4.78, 5) is 0. The Morgan fingerprint density at radius 2 is 2.27 bits per heavy atom. The minimum absolute atomic E-state index is 0.422. The van der Waals surface area contributed by atoms with Gasteiger partial charge in [0.2, 0.25) is 0 Å². The van der Waals surface area contributed by atoms with Crippen LogP contribution in [0.4, 0.5) is 0 Å². The molecule has 0 aromatic carbocycles. The van der Waals surface area contributed by atoms with Gasteiger partial charge in [-0.3, -0.25) is 0 Å². The Hall–Kier alpha value is -0.340. The van der Waals surface area contributed by atoms with Crippen molar-refractivity contribution >= 4 is 0 Å². The van der Waals surface area contributed by atoms with E-state index in [2.05, 4.69) is 6.58 Å². The van der Waals surface area contributed by atoms with E-state index in [4.69, 9.17) is 4.74 Å². The minimum atomic E-state index is -0.449.